The molecule has 1 saturated heterocycles. The van der Waals surface area contributed by atoms with Crippen LogP contribution in [0.5, 0.6) is 17.2 Å². The zero-order valence-electron chi connectivity index (χ0n) is 22.1. The van der Waals surface area contributed by atoms with Gasteiger partial charge >= 0.3 is 0 Å². The number of aromatic nitrogens is 2. The molecule has 0 radical (unpaired) electrons. The molecule has 0 spiro atoms. The van der Waals surface area contributed by atoms with Gasteiger partial charge in [0.05, 0.1) is 18.7 Å². The van der Waals surface area contributed by atoms with E-state index < -0.39 is 5.60 Å². The Morgan fingerprint density at radius 3 is 2.78 bits per heavy atom. The van der Waals surface area contributed by atoms with Gasteiger partial charge in [0.15, 0.2) is 11.5 Å². The van der Waals surface area contributed by atoms with Crippen molar-refractivity contribution in [2.75, 3.05) is 33.4 Å². The Hall–Kier alpha value is -2.74. The molecule has 1 aliphatic rings. The fourth-order valence-electron chi connectivity index (χ4n) is 4.86. The van der Waals surface area contributed by atoms with Gasteiger partial charge in [-0.3, -0.25) is 4.90 Å². The summed E-state index contributed by atoms with van der Waals surface area (Å²) in [5, 5.41) is 11.8. The second kappa shape index (κ2) is 12.7. The number of imidazole rings is 1. The van der Waals surface area contributed by atoms with Crippen LogP contribution in [0.3, 0.4) is 0 Å². The number of aryl methyl sites for hydroxylation is 3. The van der Waals surface area contributed by atoms with E-state index in [1.54, 1.807) is 7.11 Å². The van der Waals surface area contributed by atoms with E-state index in [9.17, 15) is 5.11 Å². The second-order valence-corrected chi connectivity index (χ2v) is 10.2. The van der Waals surface area contributed by atoms with Gasteiger partial charge in [-0.15, -0.1) is 0 Å². The lowest BCUT2D eigenvalue weighted by atomic mass is 9.93. The summed E-state index contributed by atoms with van der Waals surface area (Å²) in [6.45, 7) is 7.93. The zero-order valence-corrected chi connectivity index (χ0v) is 22.8. The lowest BCUT2D eigenvalue weighted by Crippen LogP contribution is -2.51. The minimum Gasteiger partial charge on any atom is -0.493 e. The maximum absolute atomic E-state index is 11.3. The molecule has 200 valence electrons. The molecular formula is C29H38ClN3O4. The van der Waals surface area contributed by atoms with E-state index >= 15 is 0 Å². The van der Waals surface area contributed by atoms with Crippen molar-refractivity contribution in [1.29, 1.82) is 0 Å². The third-order valence-electron chi connectivity index (χ3n) is 6.77. The van der Waals surface area contributed by atoms with Gasteiger partial charge in [-0.05, 0) is 68.1 Å². The van der Waals surface area contributed by atoms with Crippen molar-refractivity contribution in [3.05, 3.63) is 70.8 Å². The second-order valence-electron chi connectivity index (χ2n) is 9.84. The smallest absolute Gasteiger partial charge is 0.161 e. The third kappa shape index (κ3) is 7.40. The van der Waals surface area contributed by atoms with E-state index in [1.807, 2.05) is 49.6 Å². The number of methoxy groups -OCH3 is 1. The molecule has 0 unspecified atom stereocenters. The molecule has 4 rings (SSSR count). The number of nitrogens with zero attached hydrogens (tertiary/aromatic N) is 3. The lowest BCUT2D eigenvalue weighted by Gasteiger charge is -2.39. The molecule has 37 heavy (non-hydrogen) atoms. The number of hydrogen-bond donors (Lipinski definition) is 1. The highest BCUT2D eigenvalue weighted by Crippen LogP contribution is 2.31. The van der Waals surface area contributed by atoms with Crippen LogP contribution in [0, 0.1) is 6.92 Å². The maximum atomic E-state index is 11.3. The summed E-state index contributed by atoms with van der Waals surface area (Å²) in [4.78, 5) is 6.64. The predicted octanol–water partition coefficient (Wildman–Crippen LogP) is 5.29. The quantitative estimate of drug-likeness (QED) is 0.323. The number of β-amino-alcohol motifs (C(OH)–C–C–N with tert-alkyl or cyclic N) is 1. The van der Waals surface area contributed by atoms with Gasteiger partial charge in [0.1, 0.15) is 23.8 Å². The van der Waals surface area contributed by atoms with Gasteiger partial charge in [0, 0.05) is 38.4 Å². The standard InChI is InChI=1S/C29H38ClN3O4/c1-4-28-31-12-15-33(28)14-6-16-36-27-18-23(8-10-25(27)35-3)19-32-13-5-11-29(34,20-32)21-37-26-17-22(2)7-9-24(26)30/h7-10,12,15,17-18,34H,4-6,11,13-14,16,19-21H2,1-3H3/t29-/m0/s1. The highest BCUT2D eigenvalue weighted by Gasteiger charge is 2.34. The first kappa shape index (κ1) is 27.3. The normalized spacial score (nSPS) is 18.1. The van der Waals surface area contributed by atoms with Crippen molar-refractivity contribution >= 4 is 11.6 Å². The van der Waals surface area contributed by atoms with Gasteiger partial charge in [-0.25, -0.2) is 4.98 Å². The first-order valence-electron chi connectivity index (χ1n) is 13.0. The highest BCUT2D eigenvalue weighted by molar-refractivity contribution is 6.32. The molecule has 1 fully saturated rings. The van der Waals surface area contributed by atoms with Gasteiger partial charge in [0.25, 0.3) is 0 Å². The number of aliphatic hydroxyl groups is 1. The van der Waals surface area contributed by atoms with E-state index in [-0.39, 0.29) is 6.61 Å². The minimum atomic E-state index is -0.929. The Morgan fingerprint density at radius 1 is 1.11 bits per heavy atom. The van der Waals surface area contributed by atoms with E-state index in [0.717, 1.165) is 60.8 Å². The van der Waals surface area contributed by atoms with Crippen LogP contribution >= 0.6 is 11.6 Å². The SMILES string of the molecule is CCc1nccn1CCCOc1cc(CN2CCC[C@@](O)(COc3cc(C)ccc3Cl)C2)ccc1OC. The number of halogens is 1. The Labute approximate surface area is 224 Å². The van der Waals surface area contributed by atoms with Gasteiger partial charge < -0.3 is 23.9 Å². The van der Waals surface area contributed by atoms with Crippen molar-refractivity contribution in [2.24, 2.45) is 0 Å². The Bertz CT molecular complexity index is 1170. The molecule has 0 amide bonds. The molecule has 2 aromatic carbocycles. The molecule has 8 heteroatoms. The molecule has 2 heterocycles. The Kier molecular flexibility index (Phi) is 9.35. The number of rotatable bonds is 12. The summed E-state index contributed by atoms with van der Waals surface area (Å²) in [7, 11) is 1.66. The summed E-state index contributed by atoms with van der Waals surface area (Å²) in [5.74, 6) is 3.17. The van der Waals surface area contributed by atoms with Crippen molar-refractivity contribution < 1.29 is 19.3 Å². The third-order valence-corrected chi connectivity index (χ3v) is 7.08. The number of piperidine rings is 1. The van der Waals surface area contributed by atoms with Gasteiger partial charge in [-0.1, -0.05) is 30.7 Å². The summed E-state index contributed by atoms with van der Waals surface area (Å²) >= 11 is 6.28. The molecule has 0 saturated carbocycles. The van der Waals surface area contributed by atoms with Crippen LogP contribution < -0.4 is 14.2 Å². The van der Waals surface area contributed by atoms with Crippen LogP contribution in [0.1, 0.15) is 43.1 Å². The number of benzene rings is 2. The Morgan fingerprint density at radius 2 is 1.97 bits per heavy atom. The number of hydrogen-bond acceptors (Lipinski definition) is 6. The molecule has 3 aromatic rings. The Balaban J connectivity index is 1.33. The predicted molar refractivity (Wildman–Crippen MR) is 146 cm³/mol. The maximum Gasteiger partial charge on any atom is 0.161 e. The summed E-state index contributed by atoms with van der Waals surface area (Å²) in [6.07, 6.45) is 7.25. The molecule has 1 atom stereocenters. The average molecular weight is 528 g/mol. The molecular weight excluding hydrogens is 490 g/mol. The van der Waals surface area contributed by atoms with Crippen LogP contribution in [0.25, 0.3) is 0 Å². The fourth-order valence-corrected chi connectivity index (χ4v) is 5.03. The molecule has 1 aliphatic heterocycles. The number of ether oxygens (including phenoxy) is 3. The molecule has 0 aliphatic carbocycles. The summed E-state index contributed by atoms with van der Waals surface area (Å²) in [5.41, 5.74) is 1.26. The van der Waals surface area contributed by atoms with Gasteiger partial charge in [0.2, 0.25) is 0 Å². The average Bonchev–Trinajstić information content (AvgIpc) is 3.35. The van der Waals surface area contributed by atoms with Crippen LogP contribution in [0.4, 0.5) is 0 Å². The van der Waals surface area contributed by atoms with Crippen LogP contribution in [-0.4, -0.2) is 58.6 Å². The molecule has 0 bridgehead atoms. The molecule has 1 N–H and O–H groups in total. The largest absolute Gasteiger partial charge is 0.493 e. The first-order chi connectivity index (χ1) is 17.9. The minimum absolute atomic E-state index is 0.209. The zero-order chi connectivity index (χ0) is 26.3. The van der Waals surface area contributed by atoms with Crippen molar-refractivity contribution in [1.82, 2.24) is 14.5 Å². The summed E-state index contributed by atoms with van der Waals surface area (Å²) in [6, 6.07) is 11.7. The van der Waals surface area contributed by atoms with E-state index in [2.05, 4.69) is 27.4 Å². The molecule has 7 nitrogen and oxygen atoms in total. The van der Waals surface area contributed by atoms with Crippen LogP contribution in [0.2, 0.25) is 5.02 Å². The van der Waals surface area contributed by atoms with E-state index in [0.29, 0.717) is 36.9 Å². The summed E-state index contributed by atoms with van der Waals surface area (Å²) < 4.78 is 19.8. The van der Waals surface area contributed by atoms with Crippen LogP contribution in [0.15, 0.2) is 48.8 Å². The van der Waals surface area contributed by atoms with Crippen molar-refractivity contribution in [2.45, 2.75) is 58.2 Å². The number of likely N-dealkylation sites (tertiary alicyclic amines) is 1. The molecule has 1 aromatic heterocycles. The topological polar surface area (TPSA) is 69.0 Å². The highest BCUT2D eigenvalue weighted by atomic mass is 35.5. The monoisotopic (exact) mass is 527 g/mol. The lowest BCUT2D eigenvalue weighted by molar-refractivity contribution is -0.0621. The van der Waals surface area contributed by atoms with Crippen molar-refractivity contribution in [3.63, 3.8) is 0 Å². The van der Waals surface area contributed by atoms with Crippen molar-refractivity contribution in [3.8, 4) is 17.2 Å². The fraction of sp³-hybridized carbons (Fsp3) is 0.483. The van der Waals surface area contributed by atoms with Gasteiger partial charge in [-0.2, -0.15) is 0 Å². The van der Waals surface area contributed by atoms with Crippen LogP contribution in [-0.2, 0) is 19.5 Å². The van der Waals surface area contributed by atoms with E-state index in [1.165, 1.54) is 0 Å². The first-order valence-corrected chi connectivity index (χ1v) is 13.4. The van der Waals surface area contributed by atoms with E-state index in [4.69, 9.17) is 25.8 Å².